The molecule has 0 spiro atoms. The lowest BCUT2D eigenvalue weighted by atomic mass is 10.9. The van der Waals surface area contributed by atoms with Gasteiger partial charge in [-0.25, -0.2) is 0 Å². The normalized spacial score (nSPS) is 30.8. The quantitative estimate of drug-likeness (QED) is 0.660. The van der Waals surface area contributed by atoms with Crippen LogP contribution in [0.1, 0.15) is 20.8 Å². The molecule has 1 unspecified atom stereocenters. The Morgan fingerprint density at radius 1 is 1.25 bits per heavy atom. The van der Waals surface area contributed by atoms with E-state index in [2.05, 4.69) is 20.8 Å². The second-order valence-corrected chi connectivity index (χ2v) is 11.6. The van der Waals surface area contributed by atoms with Gasteiger partial charge in [-0.15, -0.1) is 0 Å². The first-order valence-electron chi connectivity index (χ1n) is 4.69. The van der Waals surface area contributed by atoms with Crippen LogP contribution in [0.3, 0.4) is 0 Å². The zero-order valence-electron chi connectivity index (χ0n) is 8.13. The van der Waals surface area contributed by atoms with E-state index in [1.54, 1.807) is 0 Å². The van der Waals surface area contributed by atoms with Crippen molar-refractivity contribution in [1.82, 2.24) is 0 Å². The molecule has 6 heteroatoms. The summed E-state index contributed by atoms with van der Waals surface area (Å²) in [7, 11) is -3.66. The SMILES string of the molecule is CC[SiH]1O[SiH2]O[Si](CC)(CC)O1. The first-order chi connectivity index (χ1) is 5.76. The minimum absolute atomic E-state index is 0.678. The highest BCUT2D eigenvalue weighted by molar-refractivity contribution is 6.80. The molecule has 3 nitrogen and oxygen atoms in total. The topological polar surface area (TPSA) is 27.7 Å². The van der Waals surface area contributed by atoms with Gasteiger partial charge in [-0.1, -0.05) is 20.8 Å². The van der Waals surface area contributed by atoms with E-state index in [1.165, 1.54) is 0 Å². The molecule has 1 fully saturated rings. The van der Waals surface area contributed by atoms with Crippen molar-refractivity contribution in [3.63, 3.8) is 0 Å². The lowest BCUT2D eigenvalue weighted by Gasteiger charge is -2.37. The van der Waals surface area contributed by atoms with Gasteiger partial charge in [0.25, 0.3) is 10.0 Å². The summed E-state index contributed by atoms with van der Waals surface area (Å²) in [6.45, 7) is 6.51. The maximum atomic E-state index is 5.99. The van der Waals surface area contributed by atoms with Crippen molar-refractivity contribution < 1.29 is 12.3 Å². The fourth-order valence-electron chi connectivity index (χ4n) is 1.35. The summed E-state index contributed by atoms with van der Waals surface area (Å²) in [6.07, 6.45) is 0. The Balaban J connectivity index is 2.52. The molecule has 1 atom stereocenters. The van der Waals surface area contributed by atoms with Crippen molar-refractivity contribution in [3.05, 3.63) is 0 Å². The van der Waals surface area contributed by atoms with Crippen LogP contribution in [0.5, 0.6) is 0 Å². The molecule has 1 heterocycles. The molecule has 0 amide bonds. The van der Waals surface area contributed by atoms with E-state index in [-0.39, 0.29) is 0 Å². The van der Waals surface area contributed by atoms with E-state index < -0.39 is 27.9 Å². The molecule has 0 N–H and O–H groups in total. The molecule has 0 aliphatic carbocycles. The van der Waals surface area contributed by atoms with E-state index in [9.17, 15) is 0 Å². The summed E-state index contributed by atoms with van der Waals surface area (Å²) in [5.74, 6) is 0. The van der Waals surface area contributed by atoms with Gasteiger partial charge in [0.15, 0.2) is 0 Å². The van der Waals surface area contributed by atoms with Crippen molar-refractivity contribution in [2.75, 3.05) is 0 Å². The maximum Gasteiger partial charge on any atom is 0.319 e. The highest BCUT2D eigenvalue weighted by atomic mass is 28.5. The third-order valence-electron chi connectivity index (χ3n) is 2.33. The van der Waals surface area contributed by atoms with Crippen LogP contribution in [0, 0.1) is 0 Å². The molecular formula is C6H18O3Si3. The molecule has 0 saturated carbocycles. The molecule has 72 valence electrons. The van der Waals surface area contributed by atoms with Gasteiger partial charge < -0.3 is 12.3 Å². The Hall–Kier alpha value is 0.531. The van der Waals surface area contributed by atoms with E-state index in [4.69, 9.17) is 12.3 Å². The molecule has 0 aromatic heterocycles. The van der Waals surface area contributed by atoms with Crippen LogP contribution in [0.2, 0.25) is 18.1 Å². The highest BCUT2D eigenvalue weighted by Crippen LogP contribution is 2.23. The minimum Gasteiger partial charge on any atom is -0.422 e. The number of hydrogen-bond donors (Lipinski definition) is 0. The van der Waals surface area contributed by atoms with Crippen molar-refractivity contribution in [2.45, 2.75) is 38.9 Å². The van der Waals surface area contributed by atoms with Gasteiger partial charge >= 0.3 is 17.8 Å². The summed E-state index contributed by atoms with van der Waals surface area (Å²) in [5.41, 5.74) is 0. The average Bonchev–Trinajstić information content (AvgIpc) is 2.18. The molecule has 0 radical (unpaired) electrons. The van der Waals surface area contributed by atoms with E-state index in [0.29, 0.717) is 0 Å². The maximum absolute atomic E-state index is 5.99. The van der Waals surface area contributed by atoms with Crippen molar-refractivity contribution in [1.29, 1.82) is 0 Å². The van der Waals surface area contributed by atoms with Gasteiger partial charge in [0.1, 0.15) is 0 Å². The minimum atomic E-state index is -1.72. The van der Waals surface area contributed by atoms with Crippen LogP contribution in [0.15, 0.2) is 0 Å². The third kappa shape index (κ3) is 2.27. The predicted octanol–water partition coefficient (Wildman–Crippen LogP) is 0.771. The Morgan fingerprint density at radius 2 is 1.92 bits per heavy atom. The zero-order chi connectivity index (χ0) is 9.03. The molecule has 0 bridgehead atoms. The molecule has 0 aromatic rings. The van der Waals surface area contributed by atoms with E-state index >= 15 is 0 Å². The second-order valence-electron chi connectivity index (χ2n) is 3.00. The lowest BCUT2D eigenvalue weighted by molar-refractivity contribution is 0.275. The largest absolute Gasteiger partial charge is 0.422 e. The summed E-state index contributed by atoms with van der Waals surface area (Å²) < 4.78 is 17.3. The van der Waals surface area contributed by atoms with E-state index in [0.717, 1.165) is 18.1 Å². The third-order valence-corrected chi connectivity index (χ3v) is 12.5. The van der Waals surface area contributed by atoms with Gasteiger partial charge in [-0.3, -0.25) is 0 Å². The Morgan fingerprint density at radius 3 is 2.42 bits per heavy atom. The predicted molar refractivity (Wildman–Crippen MR) is 56.1 cm³/mol. The van der Waals surface area contributed by atoms with Crippen LogP contribution >= 0.6 is 0 Å². The highest BCUT2D eigenvalue weighted by Gasteiger charge is 2.39. The first kappa shape index (κ1) is 10.6. The average molecular weight is 222 g/mol. The molecule has 1 aliphatic rings. The first-order valence-corrected chi connectivity index (χ1v) is 9.84. The van der Waals surface area contributed by atoms with Gasteiger partial charge in [-0.05, 0) is 18.1 Å². The monoisotopic (exact) mass is 222 g/mol. The van der Waals surface area contributed by atoms with Crippen LogP contribution in [-0.4, -0.2) is 27.9 Å². The summed E-state index contributed by atoms with van der Waals surface area (Å²) in [4.78, 5) is 0. The number of hydrogen-bond acceptors (Lipinski definition) is 3. The Kier molecular flexibility index (Phi) is 4.14. The van der Waals surface area contributed by atoms with Crippen molar-refractivity contribution >= 4 is 27.9 Å². The summed E-state index contributed by atoms with van der Waals surface area (Å²) >= 11 is 0. The molecule has 0 aromatic carbocycles. The van der Waals surface area contributed by atoms with Gasteiger partial charge in [0.2, 0.25) is 0 Å². The number of rotatable bonds is 3. The lowest BCUT2D eigenvalue weighted by Crippen LogP contribution is -2.52. The van der Waals surface area contributed by atoms with Crippen molar-refractivity contribution in [2.24, 2.45) is 0 Å². The fraction of sp³-hybridized carbons (Fsp3) is 1.00. The van der Waals surface area contributed by atoms with Crippen LogP contribution in [-0.2, 0) is 12.3 Å². The van der Waals surface area contributed by atoms with Gasteiger partial charge in [-0.2, -0.15) is 0 Å². The van der Waals surface area contributed by atoms with Gasteiger partial charge in [0.05, 0.1) is 0 Å². The summed E-state index contributed by atoms with van der Waals surface area (Å²) in [5, 5.41) is 0. The molecule has 1 rings (SSSR count). The van der Waals surface area contributed by atoms with Gasteiger partial charge in [0, 0.05) is 0 Å². The van der Waals surface area contributed by atoms with Crippen LogP contribution in [0.25, 0.3) is 0 Å². The van der Waals surface area contributed by atoms with Crippen molar-refractivity contribution in [3.8, 4) is 0 Å². The fourth-order valence-corrected chi connectivity index (χ4v) is 12.5. The van der Waals surface area contributed by atoms with Crippen LogP contribution in [0.4, 0.5) is 0 Å². The molecule has 1 saturated heterocycles. The second kappa shape index (κ2) is 4.68. The summed E-state index contributed by atoms with van der Waals surface area (Å²) in [6, 6.07) is 3.26. The zero-order valence-corrected chi connectivity index (χ0v) is 11.7. The standard InChI is InChI=1S/C6H18O3Si3/c1-4-11-7-10-8-12(5-2,6-3)9-11/h11H,4-6,10H2,1-3H3. The Bertz CT molecular complexity index is 140. The molecular weight excluding hydrogens is 204 g/mol. The van der Waals surface area contributed by atoms with E-state index in [1.807, 2.05) is 0 Å². The van der Waals surface area contributed by atoms with Crippen LogP contribution < -0.4 is 0 Å². The molecule has 12 heavy (non-hydrogen) atoms. The smallest absolute Gasteiger partial charge is 0.319 e. The molecule has 1 aliphatic heterocycles. The Labute approximate surface area is 79.6 Å².